The van der Waals surface area contributed by atoms with Gasteiger partial charge in [0.05, 0.1) is 24.6 Å². The third-order valence-electron chi connectivity index (χ3n) is 3.93. The van der Waals surface area contributed by atoms with Gasteiger partial charge in [0.2, 0.25) is 5.88 Å². The smallest absolute Gasteiger partial charge is 0.342 e. The molecule has 3 aromatic heterocycles. The first-order valence-corrected chi connectivity index (χ1v) is 7.87. The third-order valence-corrected chi connectivity index (χ3v) is 3.93. The molecule has 0 atom stereocenters. The van der Waals surface area contributed by atoms with Crippen molar-refractivity contribution < 1.29 is 18.7 Å². The number of amides is 1. The van der Waals surface area contributed by atoms with Gasteiger partial charge in [0.25, 0.3) is 5.91 Å². The fraction of sp³-hybridized carbons (Fsp3) is 0.167. The summed E-state index contributed by atoms with van der Waals surface area (Å²) in [6.07, 6.45) is 3.01. The molecule has 0 fully saturated rings. The molecule has 136 valence electrons. The summed E-state index contributed by atoms with van der Waals surface area (Å²) >= 11 is 0. The monoisotopic (exact) mass is 365 g/mol. The van der Waals surface area contributed by atoms with Crippen molar-refractivity contribution in [1.29, 1.82) is 5.26 Å². The lowest BCUT2D eigenvalue weighted by Gasteiger charge is -2.04. The molecule has 9 heteroatoms. The van der Waals surface area contributed by atoms with Crippen molar-refractivity contribution >= 4 is 17.8 Å². The van der Waals surface area contributed by atoms with E-state index in [1.807, 2.05) is 12.1 Å². The Balaban J connectivity index is 1.93. The van der Waals surface area contributed by atoms with Gasteiger partial charge in [-0.15, -0.1) is 0 Å². The van der Waals surface area contributed by atoms with Crippen LogP contribution in [0.5, 0.6) is 0 Å². The van der Waals surface area contributed by atoms with Crippen molar-refractivity contribution in [3.63, 3.8) is 0 Å². The largest absolute Gasteiger partial charge is 0.465 e. The van der Waals surface area contributed by atoms with Crippen molar-refractivity contribution in [2.75, 3.05) is 12.4 Å². The second-order valence-electron chi connectivity index (χ2n) is 5.54. The molecular formula is C18H15N5O4. The quantitative estimate of drug-likeness (QED) is 0.704. The minimum Gasteiger partial charge on any atom is -0.465 e. The normalized spacial score (nSPS) is 10.3. The van der Waals surface area contributed by atoms with Crippen LogP contribution in [0.1, 0.15) is 37.7 Å². The highest BCUT2D eigenvalue weighted by molar-refractivity contribution is 6.06. The van der Waals surface area contributed by atoms with E-state index in [0.717, 1.165) is 0 Å². The number of nitriles is 1. The van der Waals surface area contributed by atoms with Crippen LogP contribution in [0.2, 0.25) is 0 Å². The molecule has 1 amide bonds. The molecule has 3 aromatic rings. The zero-order valence-electron chi connectivity index (χ0n) is 14.8. The molecule has 0 aliphatic heterocycles. The summed E-state index contributed by atoms with van der Waals surface area (Å²) in [5, 5.41) is 16.0. The zero-order valence-corrected chi connectivity index (χ0v) is 14.8. The molecule has 0 bridgehead atoms. The highest BCUT2D eigenvalue weighted by atomic mass is 16.5. The molecule has 3 rings (SSSR count). The van der Waals surface area contributed by atoms with E-state index in [4.69, 9.17) is 4.42 Å². The fourth-order valence-corrected chi connectivity index (χ4v) is 2.60. The maximum Gasteiger partial charge on any atom is 0.342 e. The van der Waals surface area contributed by atoms with Gasteiger partial charge in [-0.3, -0.25) is 10.1 Å². The summed E-state index contributed by atoms with van der Waals surface area (Å²) in [5.74, 6) is -0.627. The first-order valence-electron chi connectivity index (χ1n) is 7.87. The first-order chi connectivity index (χ1) is 13.0. The number of hydrogen-bond donors (Lipinski definition) is 1. The van der Waals surface area contributed by atoms with Gasteiger partial charge in [0.15, 0.2) is 5.82 Å². The molecule has 0 aliphatic carbocycles. The Hall–Kier alpha value is -3.93. The van der Waals surface area contributed by atoms with E-state index >= 15 is 0 Å². The number of nitrogens with zero attached hydrogens (tertiary/aromatic N) is 4. The Kier molecular flexibility index (Phi) is 4.72. The number of aryl methyl sites for hydroxylation is 1. The van der Waals surface area contributed by atoms with Gasteiger partial charge < -0.3 is 9.15 Å². The number of nitrogens with one attached hydrogen (secondary N) is 1. The molecule has 9 nitrogen and oxygen atoms in total. The minimum atomic E-state index is -0.715. The second-order valence-corrected chi connectivity index (χ2v) is 5.54. The minimum absolute atomic E-state index is 0.0174. The van der Waals surface area contributed by atoms with E-state index in [-0.39, 0.29) is 28.3 Å². The molecule has 27 heavy (non-hydrogen) atoms. The molecule has 0 unspecified atom stereocenters. The Morgan fingerprint density at radius 1 is 1.33 bits per heavy atom. The molecule has 0 spiro atoms. The van der Waals surface area contributed by atoms with Crippen LogP contribution in [-0.4, -0.2) is 33.8 Å². The number of esters is 1. The number of methoxy groups -OCH3 is 1. The topological polar surface area (TPSA) is 123 Å². The molecule has 0 saturated heterocycles. The van der Waals surface area contributed by atoms with Crippen molar-refractivity contribution in [2.24, 2.45) is 0 Å². The lowest BCUT2D eigenvalue weighted by molar-refractivity contribution is 0.0598. The van der Waals surface area contributed by atoms with Crippen molar-refractivity contribution in [3.05, 3.63) is 58.7 Å². The average Bonchev–Trinajstić information content (AvgIpc) is 3.21. The Morgan fingerprint density at radius 3 is 2.74 bits per heavy atom. The summed E-state index contributed by atoms with van der Waals surface area (Å²) < 4.78 is 11.6. The third kappa shape index (κ3) is 3.16. The molecule has 0 aliphatic rings. The number of anilines is 1. The maximum absolute atomic E-state index is 12.6. The number of aromatic nitrogens is 3. The highest BCUT2D eigenvalue weighted by Gasteiger charge is 2.26. The Labute approximate surface area is 154 Å². The van der Waals surface area contributed by atoms with E-state index in [9.17, 15) is 14.9 Å². The van der Waals surface area contributed by atoms with Gasteiger partial charge in [-0.25, -0.2) is 14.5 Å². The van der Waals surface area contributed by atoms with E-state index in [1.54, 1.807) is 25.3 Å². The van der Waals surface area contributed by atoms with Crippen LogP contribution in [-0.2, 0) is 4.74 Å². The van der Waals surface area contributed by atoms with E-state index < -0.39 is 11.9 Å². The molecule has 0 saturated carbocycles. The standard InChI is InChI=1S/C18H15N5O4/c1-10-13(9-21-23(10)14-6-4-5-7-20-14)16(24)22-17-12(8-19)15(11(2)27-17)18(25)26-3/h4-7,9H,1-3H3,(H,22,24). The van der Waals surface area contributed by atoms with E-state index in [2.05, 4.69) is 20.1 Å². The number of pyridine rings is 1. The molecule has 1 N–H and O–H groups in total. The first kappa shape index (κ1) is 17.9. The molecular weight excluding hydrogens is 350 g/mol. The Morgan fingerprint density at radius 2 is 2.11 bits per heavy atom. The second kappa shape index (κ2) is 7.13. The van der Waals surface area contributed by atoms with Crippen molar-refractivity contribution in [3.8, 4) is 11.9 Å². The SMILES string of the molecule is COC(=O)c1c(C)oc(NC(=O)c2cnn(-c3ccccn3)c2C)c1C#N. The molecule has 0 aromatic carbocycles. The Bertz CT molecular complexity index is 1060. The highest BCUT2D eigenvalue weighted by Crippen LogP contribution is 2.27. The summed E-state index contributed by atoms with van der Waals surface area (Å²) in [6.45, 7) is 3.22. The van der Waals surface area contributed by atoms with Crippen LogP contribution < -0.4 is 5.32 Å². The summed E-state index contributed by atoms with van der Waals surface area (Å²) in [6, 6.07) is 7.20. The van der Waals surface area contributed by atoms with Crippen LogP contribution in [0.4, 0.5) is 5.88 Å². The van der Waals surface area contributed by atoms with E-state index in [1.165, 1.54) is 24.9 Å². The summed E-state index contributed by atoms with van der Waals surface area (Å²) in [4.78, 5) is 28.7. The predicted octanol–water partition coefficient (Wildman–Crippen LogP) is 2.39. The summed E-state index contributed by atoms with van der Waals surface area (Å²) in [7, 11) is 1.20. The zero-order chi connectivity index (χ0) is 19.6. The van der Waals surface area contributed by atoms with Crippen LogP contribution in [0.25, 0.3) is 5.82 Å². The molecule has 0 radical (unpaired) electrons. The number of carbonyl (C=O) groups is 2. The fourth-order valence-electron chi connectivity index (χ4n) is 2.60. The summed E-state index contributed by atoms with van der Waals surface area (Å²) in [5.41, 5.74) is 0.720. The molecule has 3 heterocycles. The number of furan rings is 1. The number of ether oxygens (including phenoxy) is 1. The van der Waals surface area contributed by atoms with Crippen LogP contribution in [0.15, 0.2) is 35.0 Å². The van der Waals surface area contributed by atoms with Gasteiger partial charge in [0.1, 0.15) is 23.0 Å². The van der Waals surface area contributed by atoms with Crippen molar-refractivity contribution in [1.82, 2.24) is 14.8 Å². The van der Waals surface area contributed by atoms with Crippen LogP contribution >= 0.6 is 0 Å². The number of rotatable bonds is 4. The maximum atomic E-state index is 12.6. The van der Waals surface area contributed by atoms with Crippen LogP contribution in [0.3, 0.4) is 0 Å². The van der Waals surface area contributed by atoms with Crippen molar-refractivity contribution in [2.45, 2.75) is 13.8 Å². The van der Waals surface area contributed by atoms with Gasteiger partial charge in [-0.1, -0.05) is 6.07 Å². The van der Waals surface area contributed by atoms with E-state index in [0.29, 0.717) is 11.5 Å². The average molecular weight is 365 g/mol. The predicted molar refractivity (Wildman–Crippen MR) is 93.5 cm³/mol. The van der Waals surface area contributed by atoms with Gasteiger partial charge in [0, 0.05) is 6.20 Å². The van der Waals surface area contributed by atoms with Gasteiger partial charge in [-0.05, 0) is 26.0 Å². The van der Waals surface area contributed by atoms with Gasteiger partial charge in [-0.2, -0.15) is 10.4 Å². The number of carbonyl (C=O) groups excluding carboxylic acids is 2. The number of hydrogen-bond acceptors (Lipinski definition) is 7. The lowest BCUT2D eigenvalue weighted by atomic mass is 10.1. The lowest BCUT2D eigenvalue weighted by Crippen LogP contribution is -2.14. The van der Waals surface area contributed by atoms with Crippen LogP contribution in [0, 0.1) is 25.2 Å². The van der Waals surface area contributed by atoms with Gasteiger partial charge >= 0.3 is 5.97 Å².